The Morgan fingerprint density at radius 3 is 2.56 bits per heavy atom. The molecular weight excluding hydrogens is 358 g/mol. The molecule has 0 N–H and O–H groups in total. The van der Waals surface area contributed by atoms with E-state index in [2.05, 4.69) is 42.2 Å². The quantitative estimate of drug-likeness (QED) is 0.440. The Hall–Kier alpha value is -2.60. The Morgan fingerprint density at radius 1 is 1.19 bits per heavy atom. The summed E-state index contributed by atoms with van der Waals surface area (Å²) in [5.74, 6) is 0.821. The molecule has 0 aliphatic carbocycles. The van der Waals surface area contributed by atoms with Crippen molar-refractivity contribution < 1.29 is 9.53 Å². The van der Waals surface area contributed by atoms with Gasteiger partial charge in [-0.15, -0.1) is 10.2 Å². The minimum atomic E-state index is -0.230. The average molecular weight is 382 g/mol. The summed E-state index contributed by atoms with van der Waals surface area (Å²) in [6.45, 7) is 6.15. The van der Waals surface area contributed by atoms with E-state index in [4.69, 9.17) is 4.74 Å². The number of ether oxygens (including phenoxy) is 1. The lowest BCUT2D eigenvalue weighted by Gasteiger charge is -2.15. The Bertz CT molecular complexity index is 935. The van der Waals surface area contributed by atoms with Crippen LogP contribution >= 0.6 is 11.8 Å². The molecule has 1 atom stereocenters. The fourth-order valence-electron chi connectivity index (χ4n) is 2.94. The Morgan fingerprint density at radius 2 is 1.93 bits per heavy atom. The van der Waals surface area contributed by atoms with Gasteiger partial charge in [-0.25, -0.2) is 0 Å². The summed E-state index contributed by atoms with van der Waals surface area (Å²) in [7, 11) is 1.61. The van der Waals surface area contributed by atoms with Gasteiger partial charge in [-0.3, -0.25) is 9.36 Å². The molecule has 0 spiro atoms. The van der Waals surface area contributed by atoms with Crippen molar-refractivity contribution in [1.82, 2.24) is 14.8 Å². The molecule has 1 unspecified atom stereocenters. The molecule has 0 aliphatic rings. The minimum Gasteiger partial charge on any atom is -0.497 e. The number of ketones is 1. The Balaban J connectivity index is 1.85. The highest BCUT2D eigenvalue weighted by molar-refractivity contribution is 8.00. The van der Waals surface area contributed by atoms with Crippen molar-refractivity contribution in [2.45, 2.75) is 37.6 Å². The zero-order valence-electron chi connectivity index (χ0n) is 16.0. The second-order valence-electron chi connectivity index (χ2n) is 6.38. The molecule has 6 heteroatoms. The predicted molar refractivity (Wildman–Crippen MR) is 108 cm³/mol. The lowest BCUT2D eigenvalue weighted by atomic mass is 10.1. The summed E-state index contributed by atoms with van der Waals surface area (Å²) in [6.07, 6.45) is 2.40. The molecule has 0 amide bonds. The third-order valence-electron chi connectivity index (χ3n) is 4.41. The summed E-state index contributed by atoms with van der Waals surface area (Å²) in [5, 5.41) is 8.81. The van der Waals surface area contributed by atoms with Crippen LogP contribution in [0.25, 0.3) is 5.69 Å². The lowest BCUT2D eigenvalue weighted by molar-refractivity contribution is 0.0988. The molecule has 27 heavy (non-hydrogen) atoms. The van der Waals surface area contributed by atoms with E-state index in [1.807, 2.05) is 23.6 Å². The number of aryl methyl sites for hydroxylation is 2. The summed E-state index contributed by atoms with van der Waals surface area (Å²) >= 11 is 1.45. The van der Waals surface area contributed by atoms with Crippen molar-refractivity contribution in [3.63, 3.8) is 0 Å². The maximum Gasteiger partial charge on any atom is 0.196 e. The van der Waals surface area contributed by atoms with Gasteiger partial charge in [-0.05, 0) is 56.2 Å². The van der Waals surface area contributed by atoms with Gasteiger partial charge >= 0.3 is 0 Å². The third kappa shape index (κ3) is 4.22. The first-order valence-electron chi connectivity index (χ1n) is 8.86. The molecule has 0 aliphatic heterocycles. The van der Waals surface area contributed by atoms with Crippen LogP contribution in [0, 0.1) is 13.8 Å². The van der Waals surface area contributed by atoms with Gasteiger partial charge in [0, 0.05) is 5.56 Å². The summed E-state index contributed by atoms with van der Waals surface area (Å²) in [5.41, 5.74) is 4.05. The lowest BCUT2D eigenvalue weighted by Crippen LogP contribution is -2.17. The van der Waals surface area contributed by atoms with Crippen LogP contribution in [0.1, 0.15) is 34.8 Å². The van der Waals surface area contributed by atoms with Gasteiger partial charge in [0.2, 0.25) is 0 Å². The molecule has 2 aromatic carbocycles. The molecule has 3 rings (SSSR count). The fraction of sp³-hybridized carbons (Fsp3) is 0.286. The smallest absolute Gasteiger partial charge is 0.196 e. The number of hydrogen-bond donors (Lipinski definition) is 0. The molecule has 3 aromatic rings. The van der Waals surface area contributed by atoms with Gasteiger partial charge in [0.15, 0.2) is 10.9 Å². The number of rotatable bonds is 7. The van der Waals surface area contributed by atoms with E-state index in [0.717, 1.165) is 22.2 Å². The van der Waals surface area contributed by atoms with E-state index < -0.39 is 0 Å². The molecule has 0 bridgehead atoms. The van der Waals surface area contributed by atoms with Crippen molar-refractivity contribution in [1.29, 1.82) is 0 Å². The predicted octanol–water partition coefficient (Wildman–Crippen LogP) is 4.65. The van der Waals surface area contributed by atoms with Crippen molar-refractivity contribution >= 4 is 17.5 Å². The van der Waals surface area contributed by atoms with Crippen LogP contribution in [0.5, 0.6) is 5.75 Å². The monoisotopic (exact) mass is 381 g/mol. The van der Waals surface area contributed by atoms with Gasteiger partial charge in [-0.2, -0.15) is 0 Å². The maximum atomic E-state index is 12.9. The number of benzene rings is 2. The van der Waals surface area contributed by atoms with Crippen LogP contribution in [-0.2, 0) is 0 Å². The zero-order valence-corrected chi connectivity index (χ0v) is 16.8. The molecule has 1 aromatic heterocycles. The molecule has 1 heterocycles. The van der Waals surface area contributed by atoms with Gasteiger partial charge in [0.05, 0.1) is 18.0 Å². The van der Waals surface area contributed by atoms with Crippen LogP contribution in [-0.4, -0.2) is 32.9 Å². The fourth-order valence-corrected chi connectivity index (χ4v) is 3.95. The van der Waals surface area contributed by atoms with Gasteiger partial charge in [-0.1, -0.05) is 36.4 Å². The van der Waals surface area contributed by atoms with Gasteiger partial charge in [0.1, 0.15) is 12.1 Å². The van der Waals surface area contributed by atoms with Crippen molar-refractivity contribution in [2.75, 3.05) is 7.11 Å². The van der Waals surface area contributed by atoms with E-state index in [9.17, 15) is 4.79 Å². The summed E-state index contributed by atoms with van der Waals surface area (Å²) < 4.78 is 7.11. The number of aromatic nitrogens is 3. The van der Waals surface area contributed by atoms with Crippen molar-refractivity contribution in [3.05, 3.63) is 65.5 Å². The molecule has 0 saturated heterocycles. The summed E-state index contributed by atoms with van der Waals surface area (Å²) in [6, 6.07) is 13.5. The third-order valence-corrected chi connectivity index (χ3v) is 5.73. The number of nitrogens with zero attached hydrogens (tertiary/aromatic N) is 3. The highest BCUT2D eigenvalue weighted by Crippen LogP contribution is 2.29. The number of thioether (sulfide) groups is 1. The van der Waals surface area contributed by atoms with Gasteiger partial charge in [0.25, 0.3) is 0 Å². The zero-order chi connectivity index (χ0) is 19.4. The van der Waals surface area contributed by atoms with E-state index in [1.165, 1.54) is 17.3 Å². The van der Waals surface area contributed by atoms with Crippen LogP contribution in [0.4, 0.5) is 0 Å². The van der Waals surface area contributed by atoms with Crippen LogP contribution < -0.4 is 4.74 Å². The SMILES string of the molecule is CCC(Sc1nncn1-c1ccc(C)cc1C)C(=O)c1ccc(OC)cc1. The molecular formula is C21H23N3O2S. The topological polar surface area (TPSA) is 57.0 Å². The number of carbonyl (C=O) groups excluding carboxylic acids is 1. The number of Topliss-reactive ketones (excluding diaryl/α,β-unsaturated/α-hetero) is 1. The molecule has 0 radical (unpaired) electrons. The molecule has 0 saturated carbocycles. The minimum absolute atomic E-state index is 0.0836. The van der Waals surface area contributed by atoms with Crippen LogP contribution in [0.3, 0.4) is 0 Å². The second kappa shape index (κ2) is 8.39. The molecule has 5 nitrogen and oxygen atoms in total. The van der Waals surface area contributed by atoms with Gasteiger partial charge < -0.3 is 4.74 Å². The van der Waals surface area contributed by atoms with Crippen molar-refractivity contribution in [2.24, 2.45) is 0 Å². The van der Waals surface area contributed by atoms with Crippen molar-refractivity contribution in [3.8, 4) is 11.4 Å². The standard InChI is InChI=1S/C21H23N3O2S/c1-5-19(20(25)16-7-9-17(26-4)10-8-16)27-21-23-22-13-24(21)18-11-6-14(2)12-15(18)3/h6-13,19H,5H2,1-4H3. The normalized spacial score (nSPS) is 12.0. The number of methoxy groups -OCH3 is 1. The average Bonchev–Trinajstić information content (AvgIpc) is 3.13. The van der Waals surface area contributed by atoms with Crippen LogP contribution in [0.2, 0.25) is 0 Å². The maximum absolute atomic E-state index is 12.9. The molecule has 0 fully saturated rings. The number of carbonyl (C=O) groups is 1. The second-order valence-corrected chi connectivity index (χ2v) is 7.55. The Kier molecular flexibility index (Phi) is 5.96. The first-order valence-corrected chi connectivity index (χ1v) is 9.74. The first kappa shape index (κ1) is 19.2. The van der Waals surface area contributed by atoms with Crippen LogP contribution in [0.15, 0.2) is 53.9 Å². The highest BCUT2D eigenvalue weighted by Gasteiger charge is 2.23. The summed E-state index contributed by atoms with van der Waals surface area (Å²) in [4.78, 5) is 12.9. The van der Waals surface area contributed by atoms with E-state index in [1.54, 1.807) is 25.6 Å². The first-order chi connectivity index (χ1) is 13.0. The van der Waals surface area contributed by atoms with E-state index in [0.29, 0.717) is 12.0 Å². The molecule has 140 valence electrons. The highest BCUT2D eigenvalue weighted by atomic mass is 32.2. The van der Waals surface area contributed by atoms with E-state index in [-0.39, 0.29) is 11.0 Å². The number of hydrogen-bond acceptors (Lipinski definition) is 5. The Labute approximate surface area is 163 Å². The van der Waals surface area contributed by atoms with E-state index >= 15 is 0 Å². The largest absolute Gasteiger partial charge is 0.497 e.